The number of amides is 1. The molecule has 3 N–H and O–H groups in total. The molecule has 0 spiro atoms. The van der Waals surface area contributed by atoms with Crippen LogP contribution < -0.4 is 11.1 Å². The predicted molar refractivity (Wildman–Crippen MR) is 85.2 cm³/mol. The van der Waals surface area contributed by atoms with Gasteiger partial charge in [0.25, 0.3) is 0 Å². The molecule has 0 aliphatic heterocycles. The summed E-state index contributed by atoms with van der Waals surface area (Å²) < 4.78 is 0. The Morgan fingerprint density at radius 2 is 2.20 bits per heavy atom. The van der Waals surface area contributed by atoms with E-state index in [4.69, 9.17) is 5.73 Å². The Kier molecular flexibility index (Phi) is 8.11. The van der Waals surface area contributed by atoms with Gasteiger partial charge in [-0.3, -0.25) is 4.79 Å². The molecule has 1 aromatic heterocycles. The number of rotatable bonds is 6. The highest BCUT2D eigenvalue weighted by molar-refractivity contribution is 7.07. The first-order chi connectivity index (χ1) is 9.25. The van der Waals surface area contributed by atoms with Crippen LogP contribution in [0.3, 0.4) is 0 Å². The number of nitrogens with two attached hydrogens (primary N) is 1. The van der Waals surface area contributed by atoms with Crippen LogP contribution in [0.25, 0.3) is 0 Å². The van der Waals surface area contributed by atoms with Crippen molar-refractivity contribution in [1.29, 1.82) is 0 Å². The third-order valence-corrected chi connectivity index (χ3v) is 4.45. The van der Waals surface area contributed by atoms with Gasteiger partial charge in [0.15, 0.2) is 0 Å². The van der Waals surface area contributed by atoms with Gasteiger partial charge in [0.1, 0.15) is 0 Å². The Morgan fingerprint density at radius 3 is 2.85 bits per heavy atom. The Labute approximate surface area is 131 Å². The zero-order valence-electron chi connectivity index (χ0n) is 11.7. The first kappa shape index (κ1) is 17.4. The molecule has 1 aromatic rings. The average molecular weight is 318 g/mol. The zero-order valence-corrected chi connectivity index (χ0v) is 13.3. The van der Waals surface area contributed by atoms with Gasteiger partial charge in [0, 0.05) is 18.3 Å². The van der Waals surface area contributed by atoms with E-state index < -0.39 is 0 Å². The van der Waals surface area contributed by atoms with Gasteiger partial charge < -0.3 is 11.1 Å². The lowest BCUT2D eigenvalue weighted by atomic mass is 9.85. The van der Waals surface area contributed by atoms with E-state index in [0.717, 1.165) is 18.5 Å². The first-order valence-electron chi connectivity index (χ1n) is 7.16. The average Bonchev–Trinajstić information content (AvgIpc) is 2.93. The molecule has 1 aliphatic rings. The number of hydrogen-bond donors (Lipinski definition) is 2. The maximum atomic E-state index is 11.9. The summed E-state index contributed by atoms with van der Waals surface area (Å²) in [5, 5.41) is 4.92. The summed E-state index contributed by atoms with van der Waals surface area (Å²) in [6, 6.07) is -0.349. The molecule has 0 aromatic carbocycles. The Hall–Kier alpha value is -0.650. The van der Waals surface area contributed by atoms with E-state index >= 15 is 0 Å². The van der Waals surface area contributed by atoms with Gasteiger partial charge >= 0.3 is 0 Å². The molecule has 1 atom stereocenters. The number of thiazole rings is 1. The quantitative estimate of drug-likeness (QED) is 0.847. The summed E-state index contributed by atoms with van der Waals surface area (Å²) in [5.74, 6) is 0.633. The fourth-order valence-electron chi connectivity index (χ4n) is 2.69. The van der Waals surface area contributed by atoms with E-state index in [2.05, 4.69) is 10.3 Å². The molecule has 1 saturated carbocycles. The number of halogens is 1. The van der Waals surface area contributed by atoms with Gasteiger partial charge in [-0.1, -0.05) is 32.1 Å². The van der Waals surface area contributed by atoms with E-state index in [1.807, 2.05) is 10.9 Å². The lowest BCUT2D eigenvalue weighted by Crippen LogP contribution is -2.42. The molecule has 6 heteroatoms. The molecule has 1 fully saturated rings. The lowest BCUT2D eigenvalue weighted by molar-refractivity contribution is -0.122. The summed E-state index contributed by atoms with van der Waals surface area (Å²) in [5.41, 5.74) is 8.83. The van der Waals surface area contributed by atoms with E-state index in [1.54, 1.807) is 11.3 Å². The summed E-state index contributed by atoms with van der Waals surface area (Å²) >= 11 is 1.58. The molecule has 20 heavy (non-hydrogen) atoms. The van der Waals surface area contributed by atoms with Crippen molar-refractivity contribution < 1.29 is 4.79 Å². The van der Waals surface area contributed by atoms with E-state index in [-0.39, 0.29) is 24.4 Å². The third-order valence-electron chi connectivity index (χ3n) is 3.81. The maximum absolute atomic E-state index is 11.9. The molecule has 1 aliphatic carbocycles. The Bertz CT molecular complexity index is 380. The van der Waals surface area contributed by atoms with E-state index in [9.17, 15) is 4.79 Å². The fourth-order valence-corrected chi connectivity index (χ4v) is 3.29. The van der Waals surface area contributed by atoms with Crippen molar-refractivity contribution >= 4 is 29.7 Å². The maximum Gasteiger partial charge on any atom is 0.236 e. The summed E-state index contributed by atoms with van der Waals surface area (Å²) in [6.07, 6.45) is 8.02. The number of carbonyl (C=O) groups is 1. The van der Waals surface area contributed by atoms with Crippen molar-refractivity contribution in [3.8, 4) is 0 Å². The van der Waals surface area contributed by atoms with Gasteiger partial charge in [0.05, 0.1) is 17.2 Å². The van der Waals surface area contributed by atoms with Crippen LogP contribution in [0, 0.1) is 5.92 Å². The standard InChI is InChI=1S/C14H23N3OS.ClH/c15-13(8-11-4-2-1-3-5-11)14(18)16-7-6-12-9-19-10-17-12;/h9-11,13H,1-8,15H2,(H,16,18);1H. The highest BCUT2D eigenvalue weighted by atomic mass is 35.5. The molecule has 4 nitrogen and oxygen atoms in total. The minimum atomic E-state index is -0.349. The smallest absolute Gasteiger partial charge is 0.236 e. The van der Waals surface area contributed by atoms with Crippen molar-refractivity contribution in [2.75, 3.05) is 6.54 Å². The van der Waals surface area contributed by atoms with Gasteiger partial charge in [-0.25, -0.2) is 4.98 Å². The van der Waals surface area contributed by atoms with Gasteiger partial charge in [-0.05, 0) is 12.3 Å². The lowest BCUT2D eigenvalue weighted by Gasteiger charge is -2.24. The zero-order chi connectivity index (χ0) is 13.5. The van der Waals surface area contributed by atoms with Crippen molar-refractivity contribution in [1.82, 2.24) is 10.3 Å². The third kappa shape index (κ3) is 5.77. The first-order valence-corrected chi connectivity index (χ1v) is 8.10. The van der Waals surface area contributed by atoms with Crippen molar-refractivity contribution in [3.63, 3.8) is 0 Å². The van der Waals surface area contributed by atoms with Crippen LogP contribution in [0.4, 0.5) is 0 Å². The molecule has 114 valence electrons. The minimum absolute atomic E-state index is 0. The number of nitrogens with zero attached hydrogens (tertiary/aromatic N) is 1. The molecule has 1 amide bonds. The number of aromatic nitrogens is 1. The van der Waals surface area contributed by atoms with Gasteiger partial charge in [-0.2, -0.15) is 0 Å². The SMILES string of the molecule is Cl.NC(CC1CCCCC1)C(=O)NCCc1cscn1. The van der Waals surface area contributed by atoms with Crippen molar-refractivity contribution in [2.45, 2.75) is 51.0 Å². The van der Waals surface area contributed by atoms with Gasteiger partial charge in [0.2, 0.25) is 5.91 Å². The number of hydrogen-bond acceptors (Lipinski definition) is 4. The van der Waals surface area contributed by atoms with Crippen LogP contribution in [0.15, 0.2) is 10.9 Å². The monoisotopic (exact) mass is 317 g/mol. The van der Waals surface area contributed by atoms with Crippen LogP contribution in [0.5, 0.6) is 0 Å². The van der Waals surface area contributed by atoms with Crippen LogP contribution in [-0.2, 0) is 11.2 Å². The molecule has 0 radical (unpaired) electrons. The second-order valence-corrected chi connectivity index (χ2v) is 6.09. The highest BCUT2D eigenvalue weighted by Gasteiger charge is 2.20. The second kappa shape index (κ2) is 9.32. The molecule has 1 heterocycles. The topological polar surface area (TPSA) is 68.0 Å². The molecule has 1 unspecified atom stereocenters. The van der Waals surface area contributed by atoms with Crippen molar-refractivity contribution in [3.05, 3.63) is 16.6 Å². The van der Waals surface area contributed by atoms with Gasteiger partial charge in [-0.15, -0.1) is 23.7 Å². The molecular formula is C14H24ClN3OS. The van der Waals surface area contributed by atoms with E-state index in [1.165, 1.54) is 32.1 Å². The summed E-state index contributed by atoms with van der Waals surface area (Å²) in [7, 11) is 0. The normalized spacial score (nSPS) is 17.2. The fraction of sp³-hybridized carbons (Fsp3) is 0.714. The molecule has 2 rings (SSSR count). The number of carbonyl (C=O) groups excluding carboxylic acids is 1. The van der Waals surface area contributed by atoms with Crippen LogP contribution in [0.2, 0.25) is 0 Å². The summed E-state index contributed by atoms with van der Waals surface area (Å²) in [4.78, 5) is 16.1. The highest BCUT2D eigenvalue weighted by Crippen LogP contribution is 2.26. The molecule has 0 bridgehead atoms. The molecule has 0 saturated heterocycles. The largest absolute Gasteiger partial charge is 0.354 e. The minimum Gasteiger partial charge on any atom is -0.354 e. The van der Waals surface area contributed by atoms with Crippen LogP contribution >= 0.6 is 23.7 Å². The van der Waals surface area contributed by atoms with Crippen LogP contribution in [-0.4, -0.2) is 23.5 Å². The number of nitrogens with one attached hydrogen (secondary N) is 1. The van der Waals surface area contributed by atoms with Crippen LogP contribution in [0.1, 0.15) is 44.2 Å². The Balaban J connectivity index is 0.00000200. The Morgan fingerprint density at radius 1 is 1.45 bits per heavy atom. The molecular weight excluding hydrogens is 294 g/mol. The second-order valence-electron chi connectivity index (χ2n) is 5.37. The predicted octanol–water partition coefficient (Wildman–Crippen LogP) is 2.52. The van der Waals surface area contributed by atoms with E-state index in [0.29, 0.717) is 12.5 Å². The van der Waals surface area contributed by atoms with Crippen molar-refractivity contribution in [2.24, 2.45) is 11.7 Å². The summed E-state index contributed by atoms with van der Waals surface area (Å²) in [6.45, 7) is 0.626.